The van der Waals surface area contributed by atoms with Gasteiger partial charge in [-0.2, -0.15) is 0 Å². The van der Waals surface area contributed by atoms with E-state index in [1.165, 1.54) is 31.2 Å². The Balaban J connectivity index is 1.51. The molecule has 0 spiro atoms. The smallest absolute Gasteiger partial charge is 0.312 e. The van der Waals surface area contributed by atoms with Crippen LogP contribution >= 0.6 is 0 Å². The van der Waals surface area contributed by atoms with E-state index in [1.807, 2.05) is 30.3 Å². The highest BCUT2D eigenvalue weighted by molar-refractivity contribution is 5.95. The van der Waals surface area contributed by atoms with Crippen LogP contribution in [-0.2, 0) is 25.7 Å². The number of halogens is 1. The summed E-state index contributed by atoms with van der Waals surface area (Å²) in [6, 6.07) is 14.8. The predicted octanol–water partition coefficient (Wildman–Crippen LogP) is 2.74. The van der Waals surface area contributed by atoms with Crippen molar-refractivity contribution >= 4 is 23.5 Å². The Labute approximate surface area is 162 Å². The lowest BCUT2D eigenvalue weighted by molar-refractivity contribution is -0.157. The summed E-state index contributed by atoms with van der Waals surface area (Å²) in [5, 5.41) is 2.55. The molecule has 1 aliphatic heterocycles. The molecule has 0 unspecified atom stereocenters. The number of nitrogens with zero attached hydrogens (tertiary/aromatic N) is 1. The van der Waals surface area contributed by atoms with Crippen molar-refractivity contribution in [2.75, 3.05) is 11.9 Å². The molecule has 1 aliphatic rings. The fourth-order valence-electron chi connectivity index (χ4n) is 2.99. The summed E-state index contributed by atoms with van der Waals surface area (Å²) in [6.07, 6.45) is -0.964. The van der Waals surface area contributed by atoms with Crippen LogP contribution in [0, 0.1) is 11.7 Å². The number of amides is 2. The molecule has 3 rings (SSSR count). The van der Waals surface area contributed by atoms with Gasteiger partial charge in [0.2, 0.25) is 5.91 Å². The molecule has 0 bridgehead atoms. The van der Waals surface area contributed by atoms with Crippen molar-refractivity contribution in [3.05, 3.63) is 66.0 Å². The minimum atomic E-state index is -1.03. The number of carbonyl (C=O) groups excluding carboxylic acids is 3. The lowest BCUT2D eigenvalue weighted by atomic mass is 10.1. The van der Waals surface area contributed by atoms with Gasteiger partial charge in [0.15, 0.2) is 6.10 Å². The molecule has 146 valence electrons. The number of benzene rings is 2. The molecule has 1 heterocycles. The highest BCUT2D eigenvalue weighted by Gasteiger charge is 2.36. The number of ether oxygens (including phenoxy) is 1. The van der Waals surface area contributed by atoms with E-state index in [9.17, 15) is 18.8 Å². The first kappa shape index (κ1) is 19.5. The van der Waals surface area contributed by atoms with Gasteiger partial charge in [-0.1, -0.05) is 30.3 Å². The lowest BCUT2D eigenvalue weighted by Crippen LogP contribution is -2.33. The summed E-state index contributed by atoms with van der Waals surface area (Å²) in [7, 11) is 0. The van der Waals surface area contributed by atoms with Gasteiger partial charge in [0.1, 0.15) is 5.82 Å². The average molecular weight is 384 g/mol. The first-order valence-electron chi connectivity index (χ1n) is 9.01. The molecular weight excluding hydrogens is 363 g/mol. The molecule has 2 amide bonds. The molecule has 7 heteroatoms. The third kappa shape index (κ3) is 4.94. The van der Waals surface area contributed by atoms with Crippen LogP contribution in [-0.4, -0.2) is 35.3 Å². The summed E-state index contributed by atoms with van der Waals surface area (Å²) in [5.74, 6) is -2.23. The second-order valence-corrected chi connectivity index (χ2v) is 6.74. The molecule has 6 nitrogen and oxygen atoms in total. The van der Waals surface area contributed by atoms with Crippen molar-refractivity contribution < 1.29 is 23.5 Å². The summed E-state index contributed by atoms with van der Waals surface area (Å²) >= 11 is 0. The van der Waals surface area contributed by atoms with Crippen molar-refractivity contribution in [2.24, 2.45) is 5.92 Å². The minimum Gasteiger partial charge on any atom is -0.452 e. The van der Waals surface area contributed by atoms with E-state index in [1.54, 1.807) is 4.90 Å². The third-order valence-corrected chi connectivity index (χ3v) is 4.54. The van der Waals surface area contributed by atoms with Gasteiger partial charge in [-0.25, -0.2) is 4.39 Å². The number of hydrogen-bond donors (Lipinski definition) is 1. The standard InChI is InChI=1S/C21H21FN2O4/c1-14(20(26)23-18-9-7-17(22)8-10-18)28-21(27)16-11-19(25)24(13-16)12-15-5-3-2-4-6-15/h2-10,14,16H,11-13H2,1H3,(H,23,26)/t14-,16-/m1/s1. The van der Waals surface area contributed by atoms with Crippen LogP contribution in [0.5, 0.6) is 0 Å². The van der Waals surface area contributed by atoms with Crippen molar-refractivity contribution in [2.45, 2.75) is 26.0 Å². The van der Waals surface area contributed by atoms with Crippen LogP contribution in [0.25, 0.3) is 0 Å². The van der Waals surface area contributed by atoms with E-state index in [4.69, 9.17) is 4.74 Å². The van der Waals surface area contributed by atoms with E-state index in [0.717, 1.165) is 5.56 Å². The van der Waals surface area contributed by atoms with Crippen LogP contribution in [0.1, 0.15) is 18.9 Å². The number of carbonyl (C=O) groups is 3. The third-order valence-electron chi connectivity index (χ3n) is 4.54. The number of rotatable bonds is 6. The summed E-state index contributed by atoms with van der Waals surface area (Å²) < 4.78 is 18.1. The highest BCUT2D eigenvalue weighted by atomic mass is 19.1. The zero-order chi connectivity index (χ0) is 20.1. The first-order valence-corrected chi connectivity index (χ1v) is 9.01. The van der Waals surface area contributed by atoms with Crippen LogP contribution in [0.4, 0.5) is 10.1 Å². The molecule has 2 aromatic carbocycles. The Morgan fingerprint density at radius 3 is 2.54 bits per heavy atom. The fraction of sp³-hybridized carbons (Fsp3) is 0.286. The number of nitrogens with one attached hydrogen (secondary N) is 1. The van der Waals surface area contributed by atoms with Crippen LogP contribution < -0.4 is 5.32 Å². The second kappa shape index (κ2) is 8.65. The molecule has 1 N–H and O–H groups in total. The molecule has 0 radical (unpaired) electrons. The van der Waals surface area contributed by atoms with Gasteiger partial charge in [0.25, 0.3) is 5.91 Å². The van der Waals surface area contributed by atoms with Crippen LogP contribution in [0.3, 0.4) is 0 Å². The lowest BCUT2D eigenvalue weighted by Gasteiger charge is -2.18. The normalized spacial score (nSPS) is 17.3. The molecule has 0 aliphatic carbocycles. The number of anilines is 1. The molecule has 1 fully saturated rings. The average Bonchev–Trinajstić information content (AvgIpc) is 3.05. The van der Waals surface area contributed by atoms with Crippen molar-refractivity contribution in [1.82, 2.24) is 4.90 Å². The van der Waals surface area contributed by atoms with Gasteiger partial charge in [-0.05, 0) is 36.8 Å². The molecule has 2 atom stereocenters. The predicted molar refractivity (Wildman–Crippen MR) is 101 cm³/mol. The number of hydrogen-bond acceptors (Lipinski definition) is 4. The maximum atomic E-state index is 12.9. The number of esters is 1. The Hall–Kier alpha value is -3.22. The highest BCUT2D eigenvalue weighted by Crippen LogP contribution is 2.22. The molecular formula is C21H21FN2O4. The SMILES string of the molecule is C[C@@H](OC(=O)[C@@H]1CC(=O)N(Cc2ccccc2)C1)C(=O)Nc1ccc(F)cc1. The maximum Gasteiger partial charge on any atom is 0.312 e. The van der Waals surface area contributed by atoms with Crippen molar-refractivity contribution in [3.63, 3.8) is 0 Å². The quantitative estimate of drug-likeness (QED) is 0.777. The van der Waals surface area contributed by atoms with E-state index in [0.29, 0.717) is 12.2 Å². The molecule has 2 aromatic rings. The largest absolute Gasteiger partial charge is 0.452 e. The van der Waals surface area contributed by atoms with E-state index >= 15 is 0 Å². The van der Waals surface area contributed by atoms with Crippen molar-refractivity contribution in [1.29, 1.82) is 0 Å². The van der Waals surface area contributed by atoms with Gasteiger partial charge in [0, 0.05) is 25.2 Å². The summed E-state index contributed by atoms with van der Waals surface area (Å²) in [4.78, 5) is 38.3. The number of likely N-dealkylation sites (tertiary alicyclic amines) is 1. The fourth-order valence-corrected chi connectivity index (χ4v) is 2.99. The molecule has 0 saturated carbocycles. The zero-order valence-electron chi connectivity index (χ0n) is 15.4. The van der Waals surface area contributed by atoms with E-state index in [2.05, 4.69) is 5.32 Å². The Bertz CT molecular complexity index is 854. The zero-order valence-corrected chi connectivity index (χ0v) is 15.4. The van der Waals surface area contributed by atoms with Gasteiger partial charge < -0.3 is 15.0 Å². The maximum absolute atomic E-state index is 12.9. The minimum absolute atomic E-state index is 0.0674. The summed E-state index contributed by atoms with van der Waals surface area (Å²) in [6.45, 7) is 2.15. The second-order valence-electron chi connectivity index (χ2n) is 6.74. The Kier molecular flexibility index (Phi) is 6.03. The van der Waals surface area contributed by atoms with E-state index in [-0.39, 0.29) is 18.9 Å². The van der Waals surface area contributed by atoms with Gasteiger partial charge >= 0.3 is 5.97 Å². The summed E-state index contributed by atoms with van der Waals surface area (Å²) in [5.41, 5.74) is 1.39. The molecule has 0 aromatic heterocycles. The van der Waals surface area contributed by atoms with Crippen molar-refractivity contribution in [3.8, 4) is 0 Å². The van der Waals surface area contributed by atoms with Gasteiger partial charge in [0.05, 0.1) is 5.92 Å². The topological polar surface area (TPSA) is 75.7 Å². The Morgan fingerprint density at radius 2 is 1.86 bits per heavy atom. The monoisotopic (exact) mass is 384 g/mol. The van der Waals surface area contributed by atoms with E-state index < -0.39 is 29.7 Å². The van der Waals surface area contributed by atoms with Crippen LogP contribution in [0.2, 0.25) is 0 Å². The Morgan fingerprint density at radius 1 is 1.18 bits per heavy atom. The van der Waals surface area contributed by atoms with Crippen LogP contribution in [0.15, 0.2) is 54.6 Å². The molecule has 1 saturated heterocycles. The van der Waals surface area contributed by atoms with Gasteiger partial charge in [-0.3, -0.25) is 14.4 Å². The van der Waals surface area contributed by atoms with Gasteiger partial charge in [-0.15, -0.1) is 0 Å². The first-order chi connectivity index (χ1) is 13.4. The molecule has 28 heavy (non-hydrogen) atoms.